The van der Waals surface area contributed by atoms with Crippen molar-refractivity contribution in [2.75, 3.05) is 33.4 Å². The highest BCUT2D eigenvalue weighted by molar-refractivity contribution is 5.79. The summed E-state index contributed by atoms with van der Waals surface area (Å²) in [4.78, 5) is 4.16. The fourth-order valence-electron chi connectivity index (χ4n) is 1.33. The van der Waals surface area contributed by atoms with Gasteiger partial charge in [0, 0.05) is 33.4 Å². The largest absolute Gasteiger partial charge is 0.382 e. The molecule has 2 N–H and O–H groups in total. The molecular formula is C12H27N3O. The number of rotatable bonds is 9. The molecule has 0 aliphatic carbocycles. The van der Waals surface area contributed by atoms with Gasteiger partial charge in [-0.3, -0.25) is 4.99 Å². The number of guanidine groups is 1. The van der Waals surface area contributed by atoms with Crippen molar-refractivity contribution < 1.29 is 4.74 Å². The van der Waals surface area contributed by atoms with Gasteiger partial charge in [-0.15, -0.1) is 0 Å². The van der Waals surface area contributed by atoms with Gasteiger partial charge in [-0.2, -0.15) is 0 Å². The van der Waals surface area contributed by atoms with Crippen LogP contribution in [0.5, 0.6) is 0 Å². The van der Waals surface area contributed by atoms with Gasteiger partial charge in [0.05, 0.1) is 0 Å². The van der Waals surface area contributed by atoms with E-state index in [4.69, 9.17) is 4.74 Å². The molecule has 0 saturated carbocycles. The molecule has 16 heavy (non-hydrogen) atoms. The Labute approximate surface area is 99.9 Å². The first-order valence-electron chi connectivity index (χ1n) is 6.37. The van der Waals surface area contributed by atoms with Crippen molar-refractivity contribution in [3.05, 3.63) is 0 Å². The SMILES string of the molecule is CCCCCNC(=NC)NCCCOCC. The highest BCUT2D eigenvalue weighted by Gasteiger charge is 1.95. The maximum atomic E-state index is 5.26. The average molecular weight is 229 g/mol. The summed E-state index contributed by atoms with van der Waals surface area (Å²) in [6, 6.07) is 0. The number of hydrogen-bond acceptors (Lipinski definition) is 2. The number of nitrogens with zero attached hydrogens (tertiary/aromatic N) is 1. The highest BCUT2D eigenvalue weighted by Crippen LogP contribution is 1.90. The Morgan fingerprint density at radius 3 is 2.31 bits per heavy atom. The number of hydrogen-bond donors (Lipinski definition) is 2. The third kappa shape index (κ3) is 9.77. The molecule has 4 heteroatoms. The second-order valence-electron chi connectivity index (χ2n) is 3.68. The second kappa shape index (κ2) is 12.3. The van der Waals surface area contributed by atoms with Crippen LogP contribution >= 0.6 is 0 Å². The predicted octanol–water partition coefficient (Wildman–Crippen LogP) is 1.77. The fraction of sp³-hybridized carbons (Fsp3) is 0.917. The van der Waals surface area contributed by atoms with E-state index in [9.17, 15) is 0 Å². The van der Waals surface area contributed by atoms with E-state index in [1.54, 1.807) is 7.05 Å². The minimum Gasteiger partial charge on any atom is -0.382 e. The van der Waals surface area contributed by atoms with Crippen molar-refractivity contribution in [2.45, 2.75) is 39.5 Å². The van der Waals surface area contributed by atoms with Crippen molar-refractivity contribution in [1.29, 1.82) is 0 Å². The lowest BCUT2D eigenvalue weighted by atomic mass is 10.2. The van der Waals surface area contributed by atoms with Crippen molar-refractivity contribution >= 4 is 5.96 Å². The van der Waals surface area contributed by atoms with Gasteiger partial charge in [0.25, 0.3) is 0 Å². The molecule has 96 valence electrons. The zero-order valence-corrected chi connectivity index (χ0v) is 11.0. The van der Waals surface area contributed by atoms with Crippen LogP contribution in [0.15, 0.2) is 4.99 Å². The van der Waals surface area contributed by atoms with Crippen LogP contribution < -0.4 is 10.6 Å². The van der Waals surface area contributed by atoms with Crippen molar-refractivity contribution in [3.8, 4) is 0 Å². The van der Waals surface area contributed by atoms with Gasteiger partial charge in [-0.25, -0.2) is 0 Å². The molecule has 0 aromatic heterocycles. The van der Waals surface area contributed by atoms with E-state index in [2.05, 4.69) is 22.5 Å². The monoisotopic (exact) mass is 229 g/mol. The number of nitrogens with one attached hydrogen (secondary N) is 2. The number of ether oxygens (including phenoxy) is 1. The van der Waals surface area contributed by atoms with Crippen molar-refractivity contribution in [1.82, 2.24) is 10.6 Å². The van der Waals surface area contributed by atoms with Gasteiger partial charge in [0.1, 0.15) is 0 Å². The first kappa shape index (κ1) is 15.2. The van der Waals surface area contributed by atoms with Crippen LogP contribution in [0.1, 0.15) is 39.5 Å². The van der Waals surface area contributed by atoms with Gasteiger partial charge in [0.15, 0.2) is 5.96 Å². The molecule has 0 atom stereocenters. The number of unbranched alkanes of at least 4 members (excludes halogenated alkanes) is 2. The summed E-state index contributed by atoms with van der Waals surface area (Å²) in [6.07, 6.45) is 4.75. The molecule has 0 aromatic carbocycles. The molecule has 0 spiro atoms. The molecule has 0 aromatic rings. The second-order valence-corrected chi connectivity index (χ2v) is 3.68. The molecular weight excluding hydrogens is 202 g/mol. The average Bonchev–Trinajstić information content (AvgIpc) is 2.31. The Hall–Kier alpha value is -0.770. The third-order valence-electron chi connectivity index (χ3n) is 2.26. The normalized spacial score (nSPS) is 11.6. The Morgan fingerprint density at radius 2 is 1.75 bits per heavy atom. The summed E-state index contributed by atoms with van der Waals surface area (Å²) in [5.41, 5.74) is 0. The molecule has 0 heterocycles. The Kier molecular flexibility index (Phi) is 11.7. The summed E-state index contributed by atoms with van der Waals surface area (Å²) >= 11 is 0. The molecule has 0 fully saturated rings. The molecule has 0 aliphatic rings. The van der Waals surface area contributed by atoms with E-state index in [0.717, 1.165) is 38.7 Å². The zero-order chi connectivity index (χ0) is 12.1. The first-order valence-corrected chi connectivity index (χ1v) is 6.37. The molecule has 0 radical (unpaired) electrons. The van der Waals surface area contributed by atoms with Crippen LogP contribution in [0.4, 0.5) is 0 Å². The Balaban J connectivity index is 3.38. The van der Waals surface area contributed by atoms with Crippen LogP contribution in [-0.2, 0) is 4.74 Å². The maximum absolute atomic E-state index is 5.26. The van der Waals surface area contributed by atoms with Crippen LogP contribution in [0.2, 0.25) is 0 Å². The van der Waals surface area contributed by atoms with E-state index in [1.807, 2.05) is 6.92 Å². The van der Waals surface area contributed by atoms with E-state index in [1.165, 1.54) is 19.3 Å². The number of aliphatic imine (C=N–C) groups is 1. The van der Waals surface area contributed by atoms with Gasteiger partial charge < -0.3 is 15.4 Å². The lowest BCUT2D eigenvalue weighted by molar-refractivity contribution is 0.145. The quantitative estimate of drug-likeness (QED) is 0.360. The lowest BCUT2D eigenvalue weighted by Crippen LogP contribution is -2.38. The Morgan fingerprint density at radius 1 is 1.06 bits per heavy atom. The summed E-state index contributed by atoms with van der Waals surface area (Å²) in [5.74, 6) is 0.896. The minimum absolute atomic E-state index is 0.796. The van der Waals surface area contributed by atoms with Crippen molar-refractivity contribution in [2.24, 2.45) is 4.99 Å². The van der Waals surface area contributed by atoms with Crippen LogP contribution in [-0.4, -0.2) is 39.3 Å². The lowest BCUT2D eigenvalue weighted by Gasteiger charge is -2.11. The summed E-state index contributed by atoms with van der Waals surface area (Å²) in [7, 11) is 1.80. The highest BCUT2D eigenvalue weighted by atomic mass is 16.5. The molecule has 0 bridgehead atoms. The van der Waals surface area contributed by atoms with Crippen LogP contribution in [0.3, 0.4) is 0 Å². The zero-order valence-electron chi connectivity index (χ0n) is 11.0. The molecule has 0 unspecified atom stereocenters. The molecule has 0 rings (SSSR count). The van der Waals surface area contributed by atoms with Gasteiger partial charge >= 0.3 is 0 Å². The van der Waals surface area contributed by atoms with Gasteiger partial charge in [-0.05, 0) is 19.8 Å². The minimum atomic E-state index is 0.796. The topological polar surface area (TPSA) is 45.7 Å². The Bertz CT molecular complexity index is 172. The fourth-order valence-corrected chi connectivity index (χ4v) is 1.33. The molecule has 0 aliphatic heterocycles. The summed E-state index contributed by atoms with van der Waals surface area (Å²) in [5, 5.41) is 6.56. The predicted molar refractivity (Wildman–Crippen MR) is 70.0 cm³/mol. The van der Waals surface area contributed by atoms with Crippen molar-refractivity contribution in [3.63, 3.8) is 0 Å². The van der Waals surface area contributed by atoms with Gasteiger partial charge in [-0.1, -0.05) is 19.8 Å². The van der Waals surface area contributed by atoms with Crippen LogP contribution in [0, 0.1) is 0 Å². The van der Waals surface area contributed by atoms with Gasteiger partial charge in [0.2, 0.25) is 0 Å². The molecule has 0 saturated heterocycles. The van der Waals surface area contributed by atoms with E-state index >= 15 is 0 Å². The third-order valence-corrected chi connectivity index (χ3v) is 2.26. The smallest absolute Gasteiger partial charge is 0.190 e. The summed E-state index contributed by atoms with van der Waals surface area (Å²) < 4.78 is 5.26. The maximum Gasteiger partial charge on any atom is 0.190 e. The van der Waals surface area contributed by atoms with E-state index < -0.39 is 0 Å². The van der Waals surface area contributed by atoms with E-state index in [0.29, 0.717) is 0 Å². The first-order chi connectivity index (χ1) is 7.85. The summed E-state index contributed by atoms with van der Waals surface area (Å²) in [6.45, 7) is 7.75. The van der Waals surface area contributed by atoms with Crippen LogP contribution in [0.25, 0.3) is 0 Å². The molecule has 4 nitrogen and oxygen atoms in total. The van der Waals surface area contributed by atoms with E-state index in [-0.39, 0.29) is 0 Å². The molecule has 0 amide bonds. The standard InChI is InChI=1S/C12H27N3O/c1-4-6-7-9-14-12(13-3)15-10-8-11-16-5-2/h4-11H2,1-3H3,(H2,13,14,15).